The highest BCUT2D eigenvalue weighted by molar-refractivity contribution is 14.1. The molecule has 2 rings (SSSR count). The molecule has 2 atom stereocenters. The summed E-state index contributed by atoms with van der Waals surface area (Å²) in [5.74, 6) is -0.208. The number of amides is 1. The zero-order valence-corrected chi connectivity index (χ0v) is 13.3. The molecule has 7 nitrogen and oxygen atoms in total. The van der Waals surface area contributed by atoms with E-state index in [4.69, 9.17) is 8.53 Å². The zero-order chi connectivity index (χ0) is 13.7. The van der Waals surface area contributed by atoms with Crippen LogP contribution in [0.25, 0.3) is 0 Å². The molecule has 0 unspecified atom stereocenters. The first-order valence-corrected chi connectivity index (χ1v) is 10.3. The summed E-state index contributed by atoms with van der Waals surface area (Å²) in [6.07, 6.45) is 3.95. The van der Waals surface area contributed by atoms with Gasteiger partial charge in [0.15, 0.2) is 0 Å². The van der Waals surface area contributed by atoms with E-state index in [1.54, 1.807) is 6.20 Å². The smallest absolute Gasteiger partial charge is 0.495 e. The second kappa shape index (κ2) is 7.35. The number of ether oxygens (including phenoxy) is 1. The Labute approximate surface area is 127 Å². The lowest BCUT2D eigenvalue weighted by Crippen LogP contribution is -2.27. The Bertz CT molecular complexity index is 456. The molecule has 1 aromatic rings. The van der Waals surface area contributed by atoms with Gasteiger partial charge in [-0.25, -0.2) is 0 Å². The van der Waals surface area contributed by atoms with Gasteiger partial charge in [0.05, 0.1) is 31.1 Å². The average Bonchev–Trinajstić information content (AvgIpc) is 3.00. The van der Waals surface area contributed by atoms with Crippen LogP contribution in [0.1, 0.15) is 6.42 Å². The van der Waals surface area contributed by atoms with Crippen molar-refractivity contribution < 1.29 is 18.1 Å². The molecule has 101 valence electrons. The quantitative estimate of drug-likeness (QED) is 0.424. The SMILES string of the molecule is O=CCn1cc(NC(=O)[C@H]2C[C@H]([O][Al][I])CO2)cn1. The van der Waals surface area contributed by atoms with Crippen molar-refractivity contribution in [2.75, 3.05) is 11.9 Å². The van der Waals surface area contributed by atoms with Crippen molar-refractivity contribution in [2.24, 2.45) is 0 Å². The Morgan fingerprint density at radius 1 is 1.79 bits per heavy atom. The van der Waals surface area contributed by atoms with Gasteiger partial charge in [-0.3, -0.25) is 9.48 Å². The molecule has 19 heavy (non-hydrogen) atoms. The molecule has 0 aromatic carbocycles. The van der Waals surface area contributed by atoms with Crippen LogP contribution >= 0.6 is 20.3 Å². The van der Waals surface area contributed by atoms with E-state index in [9.17, 15) is 9.59 Å². The Morgan fingerprint density at radius 2 is 2.63 bits per heavy atom. The first-order chi connectivity index (χ1) is 9.22. The first kappa shape index (κ1) is 14.9. The summed E-state index contributed by atoms with van der Waals surface area (Å²) in [5, 5.41) is 6.65. The van der Waals surface area contributed by atoms with E-state index in [1.165, 1.54) is 10.9 Å². The van der Waals surface area contributed by atoms with Crippen molar-refractivity contribution >= 4 is 50.4 Å². The van der Waals surface area contributed by atoms with E-state index in [2.05, 4.69) is 30.7 Å². The topological polar surface area (TPSA) is 82.5 Å². The number of hydrogen-bond acceptors (Lipinski definition) is 5. The maximum Gasteiger partial charge on any atom is 0.525 e. The number of aromatic nitrogens is 2. The Hall–Kier alpha value is -0.468. The lowest BCUT2D eigenvalue weighted by Gasteiger charge is -2.09. The van der Waals surface area contributed by atoms with E-state index in [1.807, 2.05) is 0 Å². The van der Waals surface area contributed by atoms with Gasteiger partial charge in [0.2, 0.25) is 0 Å². The van der Waals surface area contributed by atoms with Crippen LogP contribution in [0, 0.1) is 0 Å². The highest BCUT2D eigenvalue weighted by atomic mass is 127. The fourth-order valence-electron chi connectivity index (χ4n) is 1.78. The predicted molar refractivity (Wildman–Crippen MR) is 75.9 cm³/mol. The molecule has 1 aliphatic heterocycles. The van der Waals surface area contributed by atoms with Crippen LogP contribution in [-0.4, -0.2) is 53.1 Å². The Morgan fingerprint density at radius 3 is 3.37 bits per heavy atom. The number of nitrogens with one attached hydrogen (secondary N) is 1. The number of carbonyl (C=O) groups is 2. The van der Waals surface area contributed by atoms with Crippen LogP contribution in [0.15, 0.2) is 12.4 Å². The molecular formula is C10H12AlIN3O4. The van der Waals surface area contributed by atoms with Crippen molar-refractivity contribution in [3.63, 3.8) is 0 Å². The van der Waals surface area contributed by atoms with Crippen LogP contribution in [0.5, 0.6) is 0 Å². The molecule has 1 N–H and O–H groups in total. The minimum absolute atomic E-state index is 0.0143. The van der Waals surface area contributed by atoms with Gasteiger partial charge in [0.1, 0.15) is 12.4 Å². The summed E-state index contributed by atoms with van der Waals surface area (Å²) >= 11 is 2.12. The van der Waals surface area contributed by atoms with Gasteiger partial charge in [-0.1, -0.05) is 0 Å². The van der Waals surface area contributed by atoms with Crippen LogP contribution < -0.4 is 5.32 Å². The molecule has 1 fully saturated rings. The minimum Gasteiger partial charge on any atom is -0.495 e. The molecule has 0 spiro atoms. The number of carbonyl (C=O) groups excluding carboxylic acids is 2. The normalized spacial score (nSPS) is 22.2. The number of anilines is 1. The van der Waals surface area contributed by atoms with E-state index < -0.39 is 6.10 Å². The van der Waals surface area contributed by atoms with Crippen LogP contribution in [0.2, 0.25) is 0 Å². The van der Waals surface area contributed by atoms with Gasteiger partial charge in [-0.05, 0) is 0 Å². The number of halogens is 1. The molecule has 2 heterocycles. The summed E-state index contributed by atoms with van der Waals surface area (Å²) in [7, 11) is 0. The molecule has 0 bridgehead atoms. The Balaban J connectivity index is 1.85. The summed E-state index contributed by atoms with van der Waals surface area (Å²) < 4.78 is 12.3. The summed E-state index contributed by atoms with van der Waals surface area (Å²) in [6.45, 7) is 0.628. The predicted octanol–water partition coefficient (Wildman–Crippen LogP) is 0.164. The molecular weight excluding hydrogens is 380 g/mol. The average molecular weight is 392 g/mol. The van der Waals surface area contributed by atoms with E-state index in [0.29, 0.717) is 18.7 Å². The van der Waals surface area contributed by atoms with Crippen LogP contribution in [0.4, 0.5) is 5.69 Å². The number of rotatable bonds is 6. The molecule has 1 aromatic heterocycles. The molecule has 9 heteroatoms. The highest BCUT2D eigenvalue weighted by Gasteiger charge is 2.31. The van der Waals surface area contributed by atoms with Gasteiger partial charge >= 0.3 is 12.3 Å². The fourth-order valence-corrected chi connectivity index (χ4v) is 3.36. The standard InChI is InChI=1S/C10H12N3O4.Al.HI/c14-2-1-13-5-7(4-11-13)12-10(16)9-3-8(15)6-17-9;;/h2,4-5,8-9H,1,3,6H2,(H,12,16);;1H/q-1;+2;/p-1/t8-,9+;;/m0../s1. The maximum absolute atomic E-state index is 11.9. The maximum atomic E-state index is 11.9. The van der Waals surface area contributed by atoms with E-state index in [0.717, 1.165) is 6.29 Å². The third kappa shape index (κ3) is 4.25. The van der Waals surface area contributed by atoms with Crippen molar-refractivity contribution in [3.05, 3.63) is 12.4 Å². The summed E-state index contributed by atoms with van der Waals surface area (Å²) in [5.41, 5.74) is 0.555. The van der Waals surface area contributed by atoms with Gasteiger partial charge in [-0.15, -0.1) is 0 Å². The summed E-state index contributed by atoms with van der Waals surface area (Å²) in [4.78, 5) is 22.3. The van der Waals surface area contributed by atoms with E-state index >= 15 is 0 Å². The molecule has 1 saturated heterocycles. The van der Waals surface area contributed by atoms with Crippen molar-refractivity contribution in [1.29, 1.82) is 0 Å². The molecule has 0 saturated carbocycles. The largest absolute Gasteiger partial charge is 0.525 e. The molecule has 1 radical (unpaired) electrons. The monoisotopic (exact) mass is 392 g/mol. The lowest BCUT2D eigenvalue weighted by molar-refractivity contribution is -0.124. The van der Waals surface area contributed by atoms with Crippen molar-refractivity contribution in [2.45, 2.75) is 25.2 Å². The van der Waals surface area contributed by atoms with E-state index in [-0.39, 0.29) is 30.8 Å². The number of aldehydes is 1. The highest BCUT2D eigenvalue weighted by Crippen LogP contribution is 2.18. The molecule has 0 aliphatic carbocycles. The van der Waals surface area contributed by atoms with Gasteiger partial charge < -0.3 is 18.6 Å². The van der Waals surface area contributed by atoms with Gasteiger partial charge in [0, 0.05) is 12.6 Å². The second-order valence-corrected chi connectivity index (χ2v) is 5.99. The number of nitrogens with zero attached hydrogens (tertiary/aromatic N) is 2. The number of hydrogen-bond donors (Lipinski definition) is 1. The Kier molecular flexibility index (Phi) is 5.78. The summed E-state index contributed by atoms with van der Waals surface area (Å²) in [6, 6.07) is 0. The third-order valence-corrected chi connectivity index (χ3v) is 4.03. The molecule has 1 amide bonds. The van der Waals surface area contributed by atoms with Crippen molar-refractivity contribution in [3.8, 4) is 0 Å². The first-order valence-electron chi connectivity index (χ1n) is 5.69. The fraction of sp³-hybridized carbons (Fsp3) is 0.500. The lowest BCUT2D eigenvalue weighted by atomic mass is 10.2. The van der Waals surface area contributed by atoms with Crippen LogP contribution in [0.3, 0.4) is 0 Å². The van der Waals surface area contributed by atoms with Gasteiger partial charge in [-0.2, -0.15) is 25.4 Å². The second-order valence-electron chi connectivity index (χ2n) is 4.01. The molecule has 1 aliphatic rings. The van der Waals surface area contributed by atoms with Gasteiger partial charge in [0.25, 0.3) is 5.91 Å². The minimum atomic E-state index is -0.484. The third-order valence-electron chi connectivity index (χ3n) is 2.66. The van der Waals surface area contributed by atoms with Crippen LogP contribution in [-0.2, 0) is 24.7 Å². The zero-order valence-electron chi connectivity index (χ0n) is 9.99. The van der Waals surface area contributed by atoms with Crippen molar-refractivity contribution in [1.82, 2.24) is 9.78 Å².